The number of benzene rings is 1. The van der Waals surface area contributed by atoms with Crippen molar-refractivity contribution in [1.82, 2.24) is 4.90 Å². The van der Waals surface area contributed by atoms with Gasteiger partial charge in [-0.1, -0.05) is 6.07 Å². The summed E-state index contributed by atoms with van der Waals surface area (Å²) in [4.78, 5) is 1.85. The number of aliphatic hydroxyl groups excluding tert-OH is 1. The van der Waals surface area contributed by atoms with Gasteiger partial charge >= 0.3 is 0 Å². The first-order valence-electron chi connectivity index (χ1n) is 5.08. The van der Waals surface area contributed by atoms with Gasteiger partial charge in [0.1, 0.15) is 5.82 Å². The van der Waals surface area contributed by atoms with Crippen molar-refractivity contribution >= 4 is 0 Å². The Morgan fingerprint density at radius 2 is 2.25 bits per heavy atom. The Hall–Kier alpha value is -1.44. The van der Waals surface area contributed by atoms with Crippen LogP contribution >= 0.6 is 0 Å². The van der Waals surface area contributed by atoms with Gasteiger partial charge in [0.2, 0.25) is 0 Å². The highest BCUT2D eigenvalue weighted by molar-refractivity contribution is 5.32. The van der Waals surface area contributed by atoms with Crippen LogP contribution < -0.4 is 0 Å². The van der Waals surface area contributed by atoms with E-state index in [-0.39, 0.29) is 18.5 Å². The average molecular weight is 222 g/mol. The van der Waals surface area contributed by atoms with Gasteiger partial charge in [0, 0.05) is 18.2 Å². The number of halogens is 1. The lowest BCUT2D eigenvalue weighted by molar-refractivity contribution is 0.153. The Morgan fingerprint density at radius 1 is 1.56 bits per heavy atom. The van der Waals surface area contributed by atoms with Crippen LogP contribution in [0.25, 0.3) is 0 Å². The largest absolute Gasteiger partial charge is 0.395 e. The third-order valence-electron chi connectivity index (χ3n) is 2.62. The van der Waals surface area contributed by atoms with Crippen molar-refractivity contribution in [3.05, 3.63) is 35.1 Å². The topological polar surface area (TPSA) is 47.3 Å². The third kappa shape index (κ3) is 3.02. The standard InChI is InChI=1S/C12H15FN2O/c1-9(8-16)15(2)7-11-4-3-10(6-14)5-12(11)13/h3-5,9,16H,7-8H2,1-2H3. The molecule has 86 valence electrons. The maximum absolute atomic E-state index is 13.5. The summed E-state index contributed by atoms with van der Waals surface area (Å²) in [5.74, 6) is -0.379. The summed E-state index contributed by atoms with van der Waals surface area (Å²) in [6.45, 7) is 2.31. The Bertz CT molecular complexity index is 400. The van der Waals surface area contributed by atoms with Crippen LogP contribution in [0.1, 0.15) is 18.1 Å². The molecule has 0 aliphatic carbocycles. The second-order valence-electron chi connectivity index (χ2n) is 3.86. The predicted molar refractivity (Wildman–Crippen MR) is 59.1 cm³/mol. The summed E-state index contributed by atoms with van der Waals surface area (Å²) in [5.41, 5.74) is 0.848. The van der Waals surface area contributed by atoms with E-state index in [4.69, 9.17) is 10.4 Å². The van der Waals surface area contributed by atoms with Gasteiger partial charge in [0.05, 0.1) is 18.2 Å². The van der Waals surface area contributed by atoms with E-state index in [1.807, 2.05) is 24.9 Å². The molecule has 0 heterocycles. The fraction of sp³-hybridized carbons (Fsp3) is 0.417. The van der Waals surface area contributed by atoms with E-state index in [1.165, 1.54) is 6.07 Å². The minimum atomic E-state index is -0.379. The molecule has 0 fully saturated rings. The molecule has 4 heteroatoms. The molecule has 3 nitrogen and oxygen atoms in total. The third-order valence-corrected chi connectivity index (χ3v) is 2.62. The zero-order chi connectivity index (χ0) is 12.1. The molecule has 0 spiro atoms. The normalized spacial score (nSPS) is 12.5. The molecule has 1 unspecified atom stereocenters. The van der Waals surface area contributed by atoms with Crippen molar-refractivity contribution in [2.45, 2.75) is 19.5 Å². The quantitative estimate of drug-likeness (QED) is 0.840. The summed E-state index contributed by atoms with van der Waals surface area (Å²) in [6.07, 6.45) is 0. The number of hydrogen-bond acceptors (Lipinski definition) is 3. The van der Waals surface area contributed by atoms with E-state index in [9.17, 15) is 4.39 Å². The van der Waals surface area contributed by atoms with Crippen molar-refractivity contribution in [3.63, 3.8) is 0 Å². The van der Waals surface area contributed by atoms with Crippen LogP contribution in [0.15, 0.2) is 18.2 Å². The van der Waals surface area contributed by atoms with E-state index in [0.29, 0.717) is 17.7 Å². The SMILES string of the molecule is CC(CO)N(C)Cc1ccc(C#N)cc1F. The number of hydrogen-bond donors (Lipinski definition) is 1. The smallest absolute Gasteiger partial charge is 0.129 e. The minimum Gasteiger partial charge on any atom is -0.395 e. The fourth-order valence-electron chi connectivity index (χ4n) is 1.31. The highest BCUT2D eigenvalue weighted by atomic mass is 19.1. The van der Waals surface area contributed by atoms with Crippen molar-refractivity contribution in [2.24, 2.45) is 0 Å². The van der Waals surface area contributed by atoms with Crippen LogP contribution in [-0.4, -0.2) is 29.7 Å². The number of likely N-dealkylation sites (N-methyl/N-ethyl adjacent to an activating group) is 1. The summed E-state index contributed by atoms with van der Waals surface area (Å²) in [6, 6.07) is 6.30. The van der Waals surface area contributed by atoms with Gasteiger partial charge in [-0.25, -0.2) is 4.39 Å². The van der Waals surface area contributed by atoms with Gasteiger partial charge < -0.3 is 5.11 Å². The molecular weight excluding hydrogens is 207 g/mol. The maximum atomic E-state index is 13.5. The first-order valence-corrected chi connectivity index (χ1v) is 5.08. The lowest BCUT2D eigenvalue weighted by Gasteiger charge is -2.22. The molecule has 0 aliphatic heterocycles. The summed E-state index contributed by atoms with van der Waals surface area (Å²) in [5, 5.41) is 17.6. The maximum Gasteiger partial charge on any atom is 0.129 e. The second-order valence-corrected chi connectivity index (χ2v) is 3.86. The van der Waals surface area contributed by atoms with Gasteiger partial charge in [0.25, 0.3) is 0 Å². The van der Waals surface area contributed by atoms with Crippen LogP contribution in [0, 0.1) is 17.1 Å². The summed E-state index contributed by atoms with van der Waals surface area (Å²) < 4.78 is 13.5. The molecular formula is C12H15FN2O. The average Bonchev–Trinajstić information content (AvgIpc) is 2.30. The van der Waals surface area contributed by atoms with Gasteiger partial charge in [-0.2, -0.15) is 5.26 Å². The molecule has 16 heavy (non-hydrogen) atoms. The molecule has 1 N–H and O–H groups in total. The fourth-order valence-corrected chi connectivity index (χ4v) is 1.31. The van der Waals surface area contributed by atoms with Gasteiger partial charge in [-0.15, -0.1) is 0 Å². The number of nitriles is 1. The van der Waals surface area contributed by atoms with Crippen molar-refractivity contribution in [3.8, 4) is 6.07 Å². The van der Waals surface area contributed by atoms with Gasteiger partial charge in [0.15, 0.2) is 0 Å². The monoisotopic (exact) mass is 222 g/mol. The van der Waals surface area contributed by atoms with Crippen molar-refractivity contribution < 1.29 is 9.50 Å². The number of rotatable bonds is 4. The Kier molecular flexibility index (Phi) is 4.41. The van der Waals surface area contributed by atoms with E-state index >= 15 is 0 Å². The van der Waals surface area contributed by atoms with Gasteiger partial charge in [-0.05, 0) is 26.1 Å². The Labute approximate surface area is 94.7 Å². The van der Waals surface area contributed by atoms with Crippen LogP contribution in [0.3, 0.4) is 0 Å². The van der Waals surface area contributed by atoms with E-state index in [0.717, 1.165) is 0 Å². The van der Waals surface area contributed by atoms with E-state index in [2.05, 4.69) is 0 Å². The molecule has 0 aromatic heterocycles. The molecule has 0 bridgehead atoms. The number of nitrogens with zero attached hydrogens (tertiary/aromatic N) is 2. The van der Waals surface area contributed by atoms with E-state index < -0.39 is 0 Å². The van der Waals surface area contributed by atoms with Crippen LogP contribution in [0.5, 0.6) is 0 Å². The summed E-state index contributed by atoms with van der Waals surface area (Å²) in [7, 11) is 1.82. The molecule has 0 saturated carbocycles. The molecule has 0 radical (unpaired) electrons. The molecule has 1 aromatic carbocycles. The molecule has 0 saturated heterocycles. The van der Waals surface area contributed by atoms with Crippen LogP contribution in [-0.2, 0) is 6.54 Å². The minimum absolute atomic E-state index is 0.0185. The molecule has 0 aliphatic rings. The highest BCUT2D eigenvalue weighted by Crippen LogP contribution is 2.13. The molecule has 1 rings (SSSR count). The molecule has 0 amide bonds. The number of aliphatic hydroxyl groups is 1. The van der Waals surface area contributed by atoms with Crippen LogP contribution in [0.4, 0.5) is 4.39 Å². The lowest BCUT2D eigenvalue weighted by Crippen LogP contribution is -2.31. The lowest BCUT2D eigenvalue weighted by atomic mass is 10.1. The second kappa shape index (κ2) is 5.59. The first kappa shape index (κ1) is 12.6. The zero-order valence-corrected chi connectivity index (χ0v) is 9.44. The van der Waals surface area contributed by atoms with Crippen LogP contribution in [0.2, 0.25) is 0 Å². The Balaban J connectivity index is 2.79. The van der Waals surface area contributed by atoms with E-state index in [1.54, 1.807) is 12.1 Å². The predicted octanol–water partition coefficient (Wildman–Crippen LogP) is 1.51. The van der Waals surface area contributed by atoms with Gasteiger partial charge in [-0.3, -0.25) is 4.90 Å². The molecule has 1 atom stereocenters. The highest BCUT2D eigenvalue weighted by Gasteiger charge is 2.11. The van der Waals surface area contributed by atoms with Crippen molar-refractivity contribution in [2.75, 3.05) is 13.7 Å². The first-order chi connectivity index (χ1) is 7.58. The molecule has 1 aromatic rings. The zero-order valence-electron chi connectivity index (χ0n) is 9.44. The summed E-state index contributed by atoms with van der Waals surface area (Å²) >= 11 is 0. The van der Waals surface area contributed by atoms with Crippen molar-refractivity contribution in [1.29, 1.82) is 5.26 Å². The Morgan fingerprint density at radius 3 is 2.75 bits per heavy atom.